The van der Waals surface area contributed by atoms with E-state index in [0.29, 0.717) is 49.8 Å². The molecule has 1 aromatic carbocycles. The summed E-state index contributed by atoms with van der Waals surface area (Å²) in [6, 6.07) is 9.81. The molecule has 0 aliphatic carbocycles. The molecule has 148 valence electrons. The lowest BCUT2D eigenvalue weighted by Gasteiger charge is -2.33. The number of hydrogen-bond acceptors (Lipinski definition) is 7. The third-order valence-electron chi connectivity index (χ3n) is 4.71. The smallest absolute Gasteiger partial charge is 0.341 e. The maximum absolute atomic E-state index is 12.9. The minimum Gasteiger partial charge on any atom is -0.465 e. The molecule has 0 unspecified atom stereocenters. The van der Waals surface area contributed by atoms with Gasteiger partial charge >= 0.3 is 5.97 Å². The van der Waals surface area contributed by atoms with Crippen molar-refractivity contribution in [3.05, 3.63) is 53.0 Å². The van der Waals surface area contributed by atoms with Crippen LogP contribution in [0, 0.1) is 18.3 Å². The second-order valence-electron chi connectivity index (χ2n) is 6.46. The fourth-order valence-corrected chi connectivity index (χ4v) is 4.77. The molecule has 2 heterocycles. The lowest BCUT2D eigenvalue weighted by Crippen LogP contribution is -2.48. The average Bonchev–Trinajstić information content (AvgIpc) is 3.07. The molecule has 0 atom stereocenters. The van der Waals surface area contributed by atoms with Crippen LogP contribution in [-0.4, -0.2) is 56.9 Å². The van der Waals surface area contributed by atoms with E-state index in [0.717, 1.165) is 0 Å². The first kappa shape index (κ1) is 20.1. The van der Waals surface area contributed by atoms with Crippen LogP contribution in [0.5, 0.6) is 0 Å². The summed E-state index contributed by atoms with van der Waals surface area (Å²) in [5.74, 6) is 0.680. The lowest BCUT2D eigenvalue weighted by molar-refractivity contribution is 0.0599. The number of sulfonamides is 1. The summed E-state index contributed by atoms with van der Waals surface area (Å²) in [4.78, 5) is 13.8. The van der Waals surface area contributed by atoms with E-state index < -0.39 is 16.0 Å². The van der Waals surface area contributed by atoms with E-state index >= 15 is 0 Å². The van der Waals surface area contributed by atoms with E-state index in [1.165, 1.54) is 23.5 Å². The minimum absolute atomic E-state index is 0.0373. The summed E-state index contributed by atoms with van der Waals surface area (Å²) in [5.41, 5.74) is 0.540. The van der Waals surface area contributed by atoms with Crippen LogP contribution in [0.25, 0.3) is 0 Å². The Hall–Kier alpha value is -2.67. The largest absolute Gasteiger partial charge is 0.465 e. The summed E-state index contributed by atoms with van der Waals surface area (Å²) in [6.45, 7) is 3.83. The number of aryl methyl sites for hydroxylation is 1. The van der Waals surface area contributed by atoms with Gasteiger partial charge in [-0.3, -0.25) is 4.90 Å². The van der Waals surface area contributed by atoms with Gasteiger partial charge in [-0.2, -0.15) is 9.57 Å². The highest BCUT2D eigenvalue weighted by molar-refractivity contribution is 7.89. The van der Waals surface area contributed by atoms with Gasteiger partial charge in [-0.05, 0) is 25.1 Å². The molecule has 9 heteroatoms. The zero-order valence-corrected chi connectivity index (χ0v) is 16.5. The molecule has 8 nitrogen and oxygen atoms in total. The van der Waals surface area contributed by atoms with Gasteiger partial charge < -0.3 is 9.15 Å². The Kier molecular flexibility index (Phi) is 5.84. The molecule has 0 N–H and O–H groups in total. The zero-order chi connectivity index (χ0) is 20.3. The third-order valence-corrected chi connectivity index (χ3v) is 6.67. The van der Waals surface area contributed by atoms with Crippen molar-refractivity contribution in [1.82, 2.24) is 9.21 Å². The molecular formula is C19H21N3O5S. The Labute approximate surface area is 164 Å². The molecule has 0 spiro atoms. The summed E-state index contributed by atoms with van der Waals surface area (Å²) in [7, 11) is -2.40. The SMILES string of the molecule is COC(=O)c1cc(CN2CCN(S(=O)(=O)c3ccccc3C#N)CC2)oc1C. The fourth-order valence-electron chi connectivity index (χ4n) is 3.21. The quantitative estimate of drug-likeness (QED) is 0.701. The highest BCUT2D eigenvalue weighted by atomic mass is 32.2. The van der Waals surface area contributed by atoms with Crippen LogP contribution in [0.4, 0.5) is 0 Å². The minimum atomic E-state index is -3.72. The number of carbonyl (C=O) groups is 1. The summed E-state index contributed by atoms with van der Waals surface area (Å²) in [5, 5.41) is 9.18. The Bertz CT molecular complexity index is 1010. The summed E-state index contributed by atoms with van der Waals surface area (Å²) >= 11 is 0. The summed E-state index contributed by atoms with van der Waals surface area (Å²) < 4.78 is 37.5. The molecule has 1 aliphatic rings. The number of rotatable bonds is 5. The molecule has 0 amide bonds. The Morgan fingerprint density at radius 3 is 2.57 bits per heavy atom. The third kappa shape index (κ3) is 3.94. The Morgan fingerprint density at radius 1 is 1.25 bits per heavy atom. The first-order valence-corrected chi connectivity index (χ1v) is 10.2. The second-order valence-corrected chi connectivity index (χ2v) is 8.37. The van der Waals surface area contributed by atoms with E-state index in [4.69, 9.17) is 9.15 Å². The van der Waals surface area contributed by atoms with Crippen LogP contribution in [-0.2, 0) is 21.3 Å². The predicted octanol–water partition coefficient (Wildman–Crippen LogP) is 1.75. The molecule has 0 saturated carbocycles. The van der Waals surface area contributed by atoms with Gasteiger partial charge in [0.1, 0.15) is 23.2 Å². The monoisotopic (exact) mass is 403 g/mol. The number of nitriles is 1. The first-order valence-electron chi connectivity index (χ1n) is 8.76. The molecular weight excluding hydrogens is 382 g/mol. The maximum Gasteiger partial charge on any atom is 0.341 e. The van der Waals surface area contributed by atoms with Crippen molar-refractivity contribution in [2.75, 3.05) is 33.3 Å². The van der Waals surface area contributed by atoms with Crippen LogP contribution < -0.4 is 0 Å². The fraction of sp³-hybridized carbons (Fsp3) is 0.368. The Balaban J connectivity index is 1.66. The number of carbonyl (C=O) groups excluding carboxylic acids is 1. The van der Waals surface area contributed by atoms with Crippen molar-refractivity contribution in [2.24, 2.45) is 0 Å². The van der Waals surface area contributed by atoms with Crippen molar-refractivity contribution in [2.45, 2.75) is 18.4 Å². The Morgan fingerprint density at radius 2 is 1.93 bits per heavy atom. The number of furan rings is 1. The number of hydrogen-bond donors (Lipinski definition) is 0. The highest BCUT2D eigenvalue weighted by Crippen LogP contribution is 2.22. The van der Waals surface area contributed by atoms with Gasteiger partial charge in [-0.25, -0.2) is 13.2 Å². The van der Waals surface area contributed by atoms with Crippen LogP contribution >= 0.6 is 0 Å². The van der Waals surface area contributed by atoms with Gasteiger partial charge in [0.05, 0.1) is 24.1 Å². The van der Waals surface area contributed by atoms with Crippen molar-refractivity contribution in [1.29, 1.82) is 5.26 Å². The molecule has 2 aromatic rings. The summed E-state index contributed by atoms with van der Waals surface area (Å²) in [6.07, 6.45) is 0. The molecule has 1 fully saturated rings. The molecule has 1 aromatic heterocycles. The second kappa shape index (κ2) is 8.14. The molecule has 1 aliphatic heterocycles. The molecule has 1 saturated heterocycles. The van der Waals surface area contributed by atoms with E-state index in [-0.39, 0.29) is 10.5 Å². The zero-order valence-electron chi connectivity index (χ0n) is 15.7. The van der Waals surface area contributed by atoms with Gasteiger partial charge in [0.15, 0.2) is 0 Å². The topological polar surface area (TPSA) is 104 Å². The van der Waals surface area contributed by atoms with Gasteiger partial charge in [0.2, 0.25) is 10.0 Å². The number of methoxy groups -OCH3 is 1. The van der Waals surface area contributed by atoms with Crippen LogP contribution in [0.15, 0.2) is 39.6 Å². The molecule has 0 bridgehead atoms. The van der Waals surface area contributed by atoms with E-state index in [9.17, 15) is 18.5 Å². The first-order chi connectivity index (χ1) is 13.4. The van der Waals surface area contributed by atoms with Crippen molar-refractivity contribution >= 4 is 16.0 Å². The number of piperazine rings is 1. The van der Waals surface area contributed by atoms with Gasteiger partial charge in [0, 0.05) is 26.2 Å². The van der Waals surface area contributed by atoms with Crippen molar-refractivity contribution in [3.63, 3.8) is 0 Å². The van der Waals surface area contributed by atoms with Crippen LogP contribution in [0.3, 0.4) is 0 Å². The number of nitrogens with zero attached hydrogens (tertiary/aromatic N) is 3. The van der Waals surface area contributed by atoms with Crippen molar-refractivity contribution < 1.29 is 22.4 Å². The maximum atomic E-state index is 12.9. The van der Waals surface area contributed by atoms with E-state index in [1.807, 2.05) is 6.07 Å². The van der Waals surface area contributed by atoms with Gasteiger partial charge in [-0.1, -0.05) is 12.1 Å². The number of ether oxygens (including phenoxy) is 1. The van der Waals surface area contributed by atoms with Crippen molar-refractivity contribution in [3.8, 4) is 6.07 Å². The molecule has 28 heavy (non-hydrogen) atoms. The number of benzene rings is 1. The van der Waals surface area contributed by atoms with Gasteiger partial charge in [-0.15, -0.1) is 0 Å². The normalized spacial score (nSPS) is 15.9. The van der Waals surface area contributed by atoms with Crippen LogP contribution in [0.2, 0.25) is 0 Å². The highest BCUT2D eigenvalue weighted by Gasteiger charge is 2.30. The van der Waals surface area contributed by atoms with Gasteiger partial charge in [0.25, 0.3) is 0 Å². The van der Waals surface area contributed by atoms with Crippen LogP contribution in [0.1, 0.15) is 27.4 Å². The lowest BCUT2D eigenvalue weighted by atomic mass is 10.2. The molecule has 3 rings (SSSR count). The average molecular weight is 403 g/mol. The molecule has 0 radical (unpaired) electrons. The van der Waals surface area contributed by atoms with E-state index in [1.54, 1.807) is 25.1 Å². The number of esters is 1. The predicted molar refractivity (Wildman–Crippen MR) is 100.0 cm³/mol. The standard InChI is InChI=1S/C19H21N3O5S/c1-14-17(19(23)26-2)11-16(27-14)13-21-7-9-22(10-8-21)28(24,25)18-6-4-3-5-15(18)12-20/h3-6,11H,7-10,13H2,1-2H3. The van der Waals surface area contributed by atoms with E-state index in [2.05, 4.69) is 4.90 Å².